The minimum atomic E-state index is -0.998. The van der Waals surface area contributed by atoms with Gasteiger partial charge in [-0.3, -0.25) is 0 Å². The molecule has 0 aromatic heterocycles. The highest BCUT2D eigenvalue weighted by Crippen LogP contribution is 2.20. The second-order valence-electron chi connectivity index (χ2n) is 4.54. The molecule has 0 bridgehead atoms. The van der Waals surface area contributed by atoms with Crippen LogP contribution in [0.15, 0.2) is 18.2 Å². The smallest absolute Gasteiger partial charge is 0.337 e. The first-order chi connectivity index (χ1) is 8.66. The van der Waals surface area contributed by atoms with E-state index in [1.54, 1.807) is 18.2 Å². The normalized spacial score (nSPS) is 16.4. The molecular formula is C13H18N2O3. The number of nitrogens with two attached hydrogens (primary N) is 1. The molecule has 98 valence electrons. The Morgan fingerprint density at radius 1 is 1.44 bits per heavy atom. The monoisotopic (exact) mass is 250 g/mol. The first-order valence-corrected chi connectivity index (χ1v) is 6.11. The average molecular weight is 250 g/mol. The maximum Gasteiger partial charge on any atom is 0.337 e. The number of anilines is 2. The first kappa shape index (κ1) is 12.7. The molecular weight excluding hydrogens is 232 g/mol. The van der Waals surface area contributed by atoms with E-state index in [0.29, 0.717) is 11.6 Å². The predicted molar refractivity (Wildman–Crippen MR) is 69.8 cm³/mol. The molecule has 1 saturated heterocycles. The van der Waals surface area contributed by atoms with Gasteiger partial charge in [-0.1, -0.05) is 0 Å². The Morgan fingerprint density at radius 2 is 2.17 bits per heavy atom. The first-order valence-electron chi connectivity index (χ1n) is 6.11. The molecule has 1 aromatic carbocycles. The zero-order valence-corrected chi connectivity index (χ0v) is 10.2. The zero-order chi connectivity index (χ0) is 13.0. The van der Waals surface area contributed by atoms with Crippen molar-refractivity contribution in [2.24, 2.45) is 5.92 Å². The fourth-order valence-corrected chi connectivity index (χ4v) is 2.06. The van der Waals surface area contributed by atoms with E-state index in [-0.39, 0.29) is 5.56 Å². The molecule has 5 nitrogen and oxygen atoms in total. The van der Waals surface area contributed by atoms with Crippen molar-refractivity contribution in [2.75, 3.05) is 30.8 Å². The summed E-state index contributed by atoms with van der Waals surface area (Å²) in [6.07, 6.45) is 2.10. The molecule has 0 spiro atoms. The molecule has 1 aliphatic heterocycles. The summed E-state index contributed by atoms with van der Waals surface area (Å²) in [6.45, 7) is 2.47. The number of ether oxygens (including phenoxy) is 1. The van der Waals surface area contributed by atoms with E-state index in [2.05, 4.69) is 5.32 Å². The predicted octanol–water partition coefficient (Wildman–Crippen LogP) is 1.81. The molecule has 1 aliphatic rings. The van der Waals surface area contributed by atoms with Gasteiger partial charge in [-0.25, -0.2) is 4.79 Å². The quantitative estimate of drug-likeness (QED) is 0.710. The van der Waals surface area contributed by atoms with E-state index in [0.717, 1.165) is 38.3 Å². The molecule has 18 heavy (non-hydrogen) atoms. The highest BCUT2D eigenvalue weighted by molar-refractivity contribution is 5.94. The molecule has 0 amide bonds. The minimum Gasteiger partial charge on any atom is -0.478 e. The van der Waals surface area contributed by atoms with Gasteiger partial charge in [0, 0.05) is 31.1 Å². The van der Waals surface area contributed by atoms with Crippen molar-refractivity contribution in [1.82, 2.24) is 0 Å². The Bertz CT molecular complexity index is 428. The van der Waals surface area contributed by atoms with Crippen LogP contribution in [0.1, 0.15) is 23.2 Å². The molecule has 0 aliphatic carbocycles. The van der Waals surface area contributed by atoms with Crippen molar-refractivity contribution >= 4 is 17.3 Å². The molecule has 0 radical (unpaired) electrons. The van der Waals surface area contributed by atoms with E-state index in [1.807, 2.05) is 0 Å². The maximum absolute atomic E-state index is 11.0. The van der Waals surface area contributed by atoms with E-state index in [1.165, 1.54) is 0 Å². The lowest BCUT2D eigenvalue weighted by Crippen LogP contribution is -2.22. The average Bonchev–Trinajstić information content (AvgIpc) is 2.38. The van der Waals surface area contributed by atoms with E-state index in [4.69, 9.17) is 15.6 Å². The van der Waals surface area contributed by atoms with Crippen LogP contribution < -0.4 is 11.1 Å². The summed E-state index contributed by atoms with van der Waals surface area (Å²) < 4.78 is 5.30. The number of carboxylic acid groups (broad SMARTS) is 1. The van der Waals surface area contributed by atoms with Crippen LogP contribution in [0.3, 0.4) is 0 Å². The van der Waals surface area contributed by atoms with Gasteiger partial charge in [-0.05, 0) is 37.0 Å². The molecule has 0 saturated carbocycles. The van der Waals surface area contributed by atoms with Gasteiger partial charge in [-0.15, -0.1) is 0 Å². The number of benzene rings is 1. The molecule has 0 atom stereocenters. The largest absolute Gasteiger partial charge is 0.478 e. The van der Waals surface area contributed by atoms with Crippen molar-refractivity contribution in [3.05, 3.63) is 23.8 Å². The Morgan fingerprint density at radius 3 is 2.83 bits per heavy atom. The highest BCUT2D eigenvalue weighted by Gasteiger charge is 2.14. The SMILES string of the molecule is Nc1ccc(NCC2CCOCC2)cc1C(=O)O. The van der Waals surface area contributed by atoms with Crippen LogP contribution in [0.2, 0.25) is 0 Å². The van der Waals surface area contributed by atoms with Crippen LogP contribution in [0.4, 0.5) is 11.4 Å². The number of nitrogens with one attached hydrogen (secondary N) is 1. The van der Waals surface area contributed by atoms with Gasteiger partial charge in [0.25, 0.3) is 0 Å². The van der Waals surface area contributed by atoms with Crippen LogP contribution in [0.5, 0.6) is 0 Å². The van der Waals surface area contributed by atoms with E-state index in [9.17, 15) is 4.79 Å². The Labute approximate surface area is 106 Å². The highest BCUT2D eigenvalue weighted by atomic mass is 16.5. The van der Waals surface area contributed by atoms with Gasteiger partial charge in [0.2, 0.25) is 0 Å². The van der Waals surface area contributed by atoms with Gasteiger partial charge in [0.1, 0.15) is 0 Å². The summed E-state index contributed by atoms with van der Waals surface area (Å²) in [4.78, 5) is 11.0. The number of rotatable bonds is 4. The van der Waals surface area contributed by atoms with Gasteiger partial charge in [0.15, 0.2) is 0 Å². The van der Waals surface area contributed by atoms with Crippen molar-refractivity contribution in [1.29, 1.82) is 0 Å². The molecule has 4 N–H and O–H groups in total. The van der Waals surface area contributed by atoms with Crippen molar-refractivity contribution in [3.63, 3.8) is 0 Å². The second kappa shape index (κ2) is 5.73. The number of hydrogen-bond acceptors (Lipinski definition) is 4. The van der Waals surface area contributed by atoms with Gasteiger partial charge >= 0.3 is 5.97 Å². The second-order valence-corrected chi connectivity index (χ2v) is 4.54. The van der Waals surface area contributed by atoms with Crippen molar-refractivity contribution in [2.45, 2.75) is 12.8 Å². The topological polar surface area (TPSA) is 84.6 Å². The molecule has 1 heterocycles. The van der Waals surface area contributed by atoms with Gasteiger partial charge in [-0.2, -0.15) is 0 Å². The summed E-state index contributed by atoms with van der Waals surface area (Å²) in [6, 6.07) is 5.01. The van der Waals surface area contributed by atoms with Crippen molar-refractivity contribution < 1.29 is 14.6 Å². The van der Waals surface area contributed by atoms with E-state index < -0.39 is 5.97 Å². The Balaban J connectivity index is 1.96. The fourth-order valence-electron chi connectivity index (χ4n) is 2.06. The number of hydrogen-bond donors (Lipinski definition) is 3. The summed E-state index contributed by atoms with van der Waals surface area (Å²) >= 11 is 0. The standard InChI is InChI=1S/C13H18N2O3/c14-12-2-1-10(7-11(12)13(16)17)15-8-9-3-5-18-6-4-9/h1-2,7,9,15H,3-6,8,14H2,(H,16,17). The van der Waals surface area contributed by atoms with Crippen LogP contribution >= 0.6 is 0 Å². The minimum absolute atomic E-state index is 0.145. The lowest BCUT2D eigenvalue weighted by atomic mass is 10.0. The van der Waals surface area contributed by atoms with Gasteiger partial charge < -0.3 is 20.9 Å². The lowest BCUT2D eigenvalue weighted by Gasteiger charge is -2.22. The third-order valence-electron chi connectivity index (χ3n) is 3.22. The molecule has 5 heteroatoms. The zero-order valence-electron chi connectivity index (χ0n) is 10.2. The van der Waals surface area contributed by atoms with Gasteiger partial charge in [0.05, 0.1) is 5.56 Å². The Kier molecular flexibility index (Phi) is 4.04. The Hall–Kier alpha value is -1.75. The molecule has 0 unspecified atom stereocenters. The number of nitrogen functional groups attached to an aromatic ring is 1. The van der Waals surface area contributed by atoms with Crippen LogP contribution in [-0.4, -0.2) is 30.8 Å². The van der Waals surface area contributed by atoms with E-state index >= 15 is 0 Å². The molecule has 2 rings (SSSR count). The number of carboxylic acids is 1. The summed E-state index contributed by atoms with van der Waals surface area (Å²) in [7, 11) is 0. The summed E-state index contributed by atoms with van der Waals surface area (Å²) in [5.74, 6) is -0.410. The summed E-state index contributed by atoms with van der Waals surface area (Å²) in [5, 5.41) is 12.2. The third-order valence-corrected chi connectivity index (χ3v) is 3.22. The van der Waals surface area contributed by atoms with Crippen LogP contribution in [0, 0.1) is 5.92 Å². The maximum atomic E-state index is 11.0. The molecule has 1 fully saturated rings. The third kappa shape index (κ3) is 3.13. The van der Waals surface area contributed by atoms with Crippen molar-refractivity contribution in [3.8, 4) is 0 Å². The lowest BCUT2D eigenvalue weighted by molar-refractivity contribution is 0.0697. The number of carbonyl (C=O) groups is 1. The fraction of sp³-hybridized carbons (Fsp3) is 0.462. The van der Waals surface area contributed by atoms with Crippen LogP contribution in [-0.2, 0) is 4.74 Å². The van der Waals surface area contributed by atoms with Crippen LogP contribution in [0.25, 0.3) is 0 Å². The summed E-state index contributed by atoms with van der Waals surface area (Å²) in [5.41, 5.74) is 6.84. The number of aromatic carboxylic acids is 1. The molecule has 1 aromatic rings.